The van der Waals surface area contributed by atoms with Crippen LogP contribution >= 0.6 is 12.2 Å². The van der Waals surface area contributed by atoms with Gasteiger partial charge >= 0.3 is 0 Å². The molecule has 1 fully saturated rings. The zero-order valence-electron chi connectivity index (χ0n) is 10.6. The Balaban J connectivity index is 2.06. The number of benzene rings is 1. The highest BCUT2D eigenvalue weighted by atomic mass is 32.1. The van der Waals surface area contributed by atoms with Gasteiger partial charge in [0.25, 0.3) is 0 Å². The molecule has 4 nitrogen and oxygen atoms in total. The number of amides is 1. The van der Waals surface area contributed by atoms with E-state index in [0.29, 0.717) is 13.2 Å². The highest BCUT2D eigenvalue weighted by Gasteiger charge is 2.26. The molecule has 0 radical (unpaired) electrons. The quantitative estimate of drug-likeness (QED) is 0.847. The molecule has 0 saturated carbocycles. The molecule has 0 aliphatic carbocycles. The van der Waals surface area contributed by atoms with Crippen LogP contribution in [0.25, 0.3) is 0 Å². The Morgan fingerprint density at radius 2 is 2.10 bits per heavy atom. The monoisotopic (exact) mass is 300 g/mol. The zero-order valence-corrected chi connectivity index (χ0v) is 11.5. The van der Waals surface area contributed by atoms with E-state index in [1.54, 1.807) is 0 Å². The number of morpholine rings is 1. The Labute approximate surface area is 120 Å². The van der Waals surface area contributed by atoms with Gasteiger partial charge in [-0.05, 0) is 12.1 Å². The van der Waals surface area contributed by atoms with Crippen molar-refractivity contribution in [3.8, 4) is 0 Å². The Morgan fingerprint density at radius 3 is 2.70 bits per heavy atom. The van der Waals surface area contributed by atoms with Crippen molar-refractivity contribution < 1.29 is 18.3 Å². The maximum Gasteiger partial charge on any atom is 0.227 e. The summed E-state index contributed by atoms with van der Waals surface area (Å²) in [7, 11) is 0. The lowest BCUT2D eigenvalue weighted by molar-refractivity contribution is -0.136. The third-order valence-electron chi connectivity index (χ3n) is 3.13. The van der Waals surface area contributed by atoms with E-state index in [4.69, 9.17) is 22.7 Å². The van der Waals surface area contributed by atoms with Gasteiger partial charge in [-0.1, -0.05) is 18.3 Å². The molecule has 1 atom stereocenters. The molecule has 1 aliphatic rings. The summed E-state index contributed by atoms with van der Waals surface area (Å²) < 4.78 is 32.3. The highest BCUT2D eigenvalue weighted by Crippen LogP contribution is 2.15. The minimum Gasteiger partial charge on any atom is -0.391 e. The van der Waals surface area contributed by atoms with Gasteiger partial charge < -0.3 is 15.4 Å². The van der Waals surface area contributed by atoms with E-state index in [0.717, 1.165) is 12.1 Å². The second-order valence-electron chi connectivity index (χ2n) is 4.48. The Kier molecular flexibility index (Phi) is 4.61. The molecule has 7 heteroatoms. The van der Waals surface area contributed by atoms with Crippen molar-refractivity contribution in [2.75, 3.05) is 19.7 Å². The number of halogens is 2. The number of hydrogen-bond acceptors (Lipinski definition) is 3. The van der Waals surface area contributed by atoms with E-state index >= 15 is 0 Å². The standard InChI is InChI=1S/C13H14F2N2O2S/c14-9-2-1-3-10(15)8(9)6-12(18)17-4-5-19-11(7-17)13(16)20/h1-3,11H,4-7H2,(H2,16,20). The van der Waals surface area contributed by atoms with Crippen LogP contribution < -0.4 is 5.73 Å². The highest BCUT2D eigenvalue weighted by molar-refractivity contribution is 7.80. The van der Waals surface area contributed by atoms with Crippen LogP contribution in [0.3, 0.4) is 0 Å². The Bertz CT molecular complexity index is 519. The average Bonchev–Trinajstić information content (AvgIpc) is 2.43. The van der Waals surface area contributed by atoms with Crippen LogP contribution in [-0.4, -0.2) is 41.6 Å². The molecule has 0 spiro atoms. The Hall–Kier alpha value is -1.60. The third kappa shape index (κ3) is 3.29. The second kappa shape index (κ2) is 6.23. The normalized spacial score (nSPS) is 18.9. The smallest absolute Gasteiger partial charge is 0.227 e. The number of thiocarbonyl (C=S) groups is 1. The summed E-state index contributed by atoms with van der Waals surface area (Å²) in [4.78, 5) is 13.7. The fourth-order valence-electron chi connectivity index (χ4n) is 2.01. The van der Waals surface area contributed by atoms with Crippen molar-refractivity contribution in [2.45, 2.75) is 12.5 Å². The van der Waals surface area contributed by atoms with Crippen molar-refractivity contribution in [1.82, 2.24) is 4.90 Å². The van der Waals surface area contributed by atoms with E-state index in [2.05, 4.69) is 0 Å². The SMILES string of the molecule is NC(=S)C1CN(C(=O)Cc2c(F)cccc2F)CCO1. The van der Waals surface area contributed by atoms with E-state index in [1.807, 2.05) is 0 Å². The van der Waals surface area contributed by atoms with Crippen LogP contribution in [0.15, 0.2) is 18.2 Å². The Morgan fingerprint density at radius 1 is 1.45 bits per heavy atom. The van der Waals surface area contributed by atoms with Gasteiger partial charge in [0.2, 0.25) is 5.91 Å². The van der Waals surface area contributed by atoms with E-state index in [1.165, 1.54) is 11.0 Å². The van der Waals surface area contributed by atoms with Gasteiger partial charge in [0, 0.05) is 12.1 Å². The van der Waals surface area contributed by atoms with Crippen LogP contribution in [0.1, 0.15) is 5.56 Å². The van der Waals surface area contributed by atoms with E-state index < -0.39 is 17.7 Å². The maximum atomic E-state index is 13.5. The fraction of sp³-hybridized carbons (Fsp3) is 0.385. The van der Waals surface area contributed by atoms with E-state index in [9.17, 15) is 13.6 Å². The summed E-state index contributed by atoms with van der Waals surface area (Å²) in [6, 6.07) is 3.52. The summed E-state index contributed by atoms with van der Waals surface area (Å²) in [5, 5.41) is 0. The predicted molar refractivity (Wildman–Crippen MR) is 73.2 cm³/mol. The first kappa shape index (κ1) is 14.8. The van der Waals surface area contributed by atoms with Crippen molar-refractivity contribution in [3.63, 3.8) is 0 Å². The predicted octanol–water partition coefficient (Wildman–Crippen LogP) is 1.02. The largest absolute Gasteiger partial charge is 0.391 e. The first-order valence-corrected chi connectivity index (χ1v) is 6.51. The molecule has 1 amide bonds. The second-order valence-corrected chi connectivity index (χ2v) is 4.95. The maximum absolute atomic E-state index is 13.5. The number of carbonyl (C=O) groups excluding carboxylic acids is 1. The van der Waals surface area contributed by atoms with Crippen molar-refractivity contribution >= 4 is 23.1 Å². The molecule has 0 aromatic heterocycles. The van der Waals surface area contributed by atoms with Gasteiger partial charge in [0.1, 0.15) is 22.7 Å². The topological polar surface area (TPSA) is 55.6 Å². The fourth-order valence-corrected chi connectivity index (χ4v) is 2.15. The zero-order chi connectivity index (χ0) is 14.7. The lowest BCUT2D eigenvalue weighted by Gasteiger charge is -2.32. The van der Waals surface area contributed by atoms with Gasteiger partial charge in [-0.25, -0.2) is 8.78 Å². The molecule has 108 valence electrons. The third-order valence-corrected chi connectivity index (χ3v) is 3.39. The van der Waals surface area contributed by atoms with Gasteiger partial charge in [0.15, 0.2) is 0 Å². The number of nitrogens with zero attached hydrogens (tertiary/aromatic N) is 1. The molecule has 1 heterocycles. The molecule has 1 saturated heterocycles. The van der Waals surface area contributed by atoms with Crippen LogP contribution in [0, 0.1) is 11.6 Å². The van der Waals surface area contributed by atoms with Crippen LogP contribution in [0.5, 0.6) is 0 Å². The molecule has 1 aliphatic heterocycles. The van der Waals surface area contributed by atoms with Gasteiger partial charge in [0.05, 0.1) is 19.6 Å². The van der Waals surface area contributed by atoms with Crippen LogP contribution in [-0.2, 0) is 16.0 Å². The summed E-state index contributed by atoms with van der Waals surface area (Å²) in [5.41, 5.74) is 5.25. The molecule has 20 heavy (non-hydrogen) atoms. The lowest BCUT2D eigenvalue weighted by atomic mass is 10.1. The summed E-state index contributed by atoms with van der Waals surface area (Å²) >= 11 is 4.82. The summed E-state index contributed by atoms with van der Waals surface area (Å²) in [6.45, 7) is 0.867. The minimum absolute atomic E-state index is 0.166. The van der Waals surface area contributed by atoms with Gasteiger partial charge in [-0.15, -0.1) is 0 Å². The van der Waals surface area contributed by atoms with Crippen LogP contribution in [0.4, 0.5) is 8.78 Å². The number of rotatable bonds is 3. The molecular weight excluding hydrogens is 286 g/mol. The van der Waals surface area contributed by atoms with Gasteiger partial charge in [-0.3, -0.25) is 4.79 Å². The first-order chi connectivity index (χ1) is 9.49. The number of carbonyl (C=O) groups is 1. The first-order valence-electron chi connectivity index (χ1n) is 6.10. The molecule has 2 N–H and O–H groups in total. The van der Waals surface area contributed by atoms with E-state index in [-0.39, 0.29) is 29.4 Å². The molecule has 1 aromatic carbocycles. The molecule has 2 rings (SSSR count). The number of ether oxygens (including phenoxy) is 1. The van der Waals surface area contributed by atoms with Crippen molar-refractivity contribution in [2.24, 2.45) is 5.73 Å². The number of hydrogen-bond donors (Lipinski definition) is 1. The van der Waals surface area contributed by atoms with Gasteiger partial charge in [-0.2, -0.15) is 0 Å². The van der Waals surface area contributed by atoms with Crippen molar-refractivity contribution in [3.05, 3.63) is 35.4 Å². The average molecular weight is 300 g/mol. The summed E-state index contributed by atoms with van der Waals surface area (Å²) in [6.07, 6.45) is -0.837. The molecule has 1 unspecified atom stereocenters. The molecule has 0 bridgehead atoms. The number of nitrogens with two attached hydrogens (primary N) is 1. The van der Waals surface area contributed by atoms with Crippen molar-refractivity contribution in [1.29, 1.82) is 0 Å². The lowest BCUT2D eigenvalue weighted by Crippen LogP contribution is -2.50. The molecule has 1 aromatic rings. The molecular formula is C13H14F2N2O2S. The summed E-state index contributed by atoms with van der Waals surface area (Å²) in [5.74, 6) is -1.83. The minimum atomic E-state index is -0.725. The van der Waals surface area contributed by atoms with Crippen LogP contribution in [0.2, 0.25) is 0 Å².